The number of nitrogens with zero attached hydrogens (tertiary/aromatic N) is 1. The van der Waals surface area contributed by atoms with Gasteiger partial charge in [-0.3, -0.25) is 4.79 Å². The zero-order valence-electron chi connectivity index (χ0n) is 11.0. The Balaban J connectivity index is 2.73. The summed E-state index contributed by atoms with van der Waals surface area (Å²) in [4.78, 5) is 24.1. The molecule has 2 N–H and O–H groups in total. The third-order valence-electron chi connectivity index (χ3n) is 3.69. The molecule has 1 aliphatic rings. The van der Waals surface area contributed by atoms with Crippen LogP contribution in [0.2, 0.25) is 0 Å². The maximum atomic E-state index is 12.1. The Kier molecular flexibility index (Phi) is 5.50. The first-order chi connectivity index (χ1) is 8.87. The summed E-state index contributed by atoms with van der Waals surface area (Å²) in [7, 11) is 1.48. The average molecular weight is 278 g/mol. The topological polar surface area (TPSA) is 69.6 Å². The van der Waals surface area contributed by atoms with Crippen molar-refractivity contribution in [1.82, 2.24) is 10.2 Å². The van der Waals surface area contributed by atoms with Crippen molar-refractivity contribution >= 4 is 12.0 Å². The Labute approximate surface area is 111 Å². The van der Waals surface area contributed by atoms with Gasteiger partial charge in [0.1, 0.15) is 0 Å². The summed E-state index contributed by atoms with van der Waals surface area (Å²) in [5, 5.41) is 11.1. The van der Waals surface area contributed by atoms with Gasteiger partial charge in [0, 0.05) is 7.05 Å². The predicted molar refractivity (Wildman–Crippen MR) is 65.2 cm³/mol. The molecule has 0 aromatic heterocycles. The Morgan fingerprint density at radius 2 is 1.89 bits per heavy atom. The fraction of sp³-hybridized carbons (Fsp3) is 0.833. The molecule has 0 unspecified atom stereocenters. The van der Waals surface area contributed by atoms with Gasteiger partial charge in [-0.15, -0.1) is 0 Å². The Morgan fingerprint density at radius 3 is 2.37 bits per heavy atom. The van der Waals surface area contributed by atoms with Crippen LogP contribution in [0.1, 0.15) is 38.5 Å². The van der Waals surface area contributed by atoms with E-state index in [-0.39, 0.29) is 6.42 Å². The summed E-state index contributed by atoms with van der Waals surface area (Å²) < 4.78 is 24.2. The molecular weight excluding hydrogens is 258 g/mol. The molecule has 0 bridgehead atoms. The first-order valence-electron chi connectivity index (χ1n) is 6.39. The monoisotopic (exact) mass is 278 g/mol. The van der Waals surface area contributed by atoms with Crippen LogP contribution in [-0.2, 0) is 4.79 Å². The van der Waals surface area contributed by atoms with Crippen molar-refractivity contribution < 1.29 is 23.5 Å². The lowest BCUT2D eigenvalue weighted by Crippen LogP contribution is -2.55. The van der Waals surface area contributed by atoms with E-state index in [1.54, 1.807) is 0 Å². The van der Waals surface area contributed by atoms with Crippen molar-refractivity contribution in [1.29, 1.82) is 0 Å². The van der Waals surface area contributed by atoms with Gasteiger partial charge in [0.05, 0.1) is 18.5 Å². The number of rotatable bonds is 5. The molecule has 1 rings (SSSR count). The maximum absolute atomic E-state index is 12.1. The van der Waals surface area contributed by atoms with Gasteiger partial charge in [0.15, 0.2) is 0 Å². The van der Waals surface area contributed by atoms with E-state index in [9.17, 15) is 18.4 Å². The van der Waals surface area contributed by atoms with Crippen LogP contribution < -0.4 is 5.32 Å². The van der Waals surface area contributed by atoms with E-state index in [0.29, 0.717) is 12.8 Å². The number of carbonyl (C=O) groups is 2. The molecule has 1 saturated carbocycles. The minimum Gasteiger partial charge on any atom is -0.481 e. The molecular formula is C12H20F2N2O3. The second-order valence-electron chi connectivity index (χ2n) is 4.99. The summed E-state index contributed by atoms with van der Waals surface area (Å²) in [5.41, 5.74) is -0.754. The molecule has 0 aromatic carbocycles. The van der Waals surface area contributed by atoms with Gasteiger partial charge in [0.25, 0.3) is 6.43 Å². The zero-order valence-corrected chi connectivity index (χ0v) is 11.0. The number of halogens is 2. The molecule has 1 fully saturated rings. The Hall–Kier alpha value is -1.40. The smallest absolute Gasteiger partial charge is 0.317 e. The summed E-state index contributed by atoms with van der Waals surface area (Å²) in [6, 6.07) is -0.636. The molecule has 0 spiro atoms. The van der Waals surface area contributed by atoms with Crippen LogP contribution in [0.3, 0.4) is 0 Å². The van der Waals surface area contributed by atoms with E-state index in [1.165, 1.54) is 11.9 Å². The molecule has 5 nitrogen and oxygen atoms in total. The van der Waals surface area contributed by atoms with Gasteiger partial charge < -0.3 is 15.3 Å². The van der Waals surface area contributed by atoms with Gasteiger partial charge in [-0.2, -0.15) is 0 Å². The summed E-state index contributed by atoms with van der Waals surface area (Å²) in [5.74, 6) is -0.976. The molecule has 2 amide bonds. The number of carboxylic acids is 1. The number of hydrogen-bond donors (Lipinski definition) is 2. The highest BCUT2D eigenvalue weighted by molar-refractivity contribution is 5.76. The quantitative estimate of drug-likeness (QED) is 0.808. The number of nitrogens with one attached hydrogen (secondary N) is 1. The molecule has 7 heteroatoms. The number of hydrogen-bond acceptors (Lipinski definition) is 2. The largest absolute Gasteiger partial charge is 0.481 e. The lowest BCUT2D eigenvalue weighted by Gasteiger charge is -2.43. The van der Waals surface area contributed by atoms with E-state index in [2.05, 4.69) is 5.32 Å². The minimum absolute atomic E-state index is 0.147. The van der Waals surface area contributed by atoms with Crippen molar-refractivity contribution in [3.05, 3.63) is 0 Å². The van der Waals surface area contributed by atoms with Gasteiger partial charge in [0.2, 0.25) is 0 Å². The van der Waals surface area contributed by atoms with E-state index in [0.717, 1.165) is 19.3 Å². The lowest BCUT2D eigenvalue weighted by molar-refractivity contribution is -0.140. The number of aliphatic carboxylic acids is 1. The van der Waals surface area contributed by atoms with Crippen LogP contribution in [-0.4, -0.2) is 47.6 Å². The van der Waals surface area contributed by atoms with Gasteiger partial charge in [-0.05, 0) is 12.8 Å². The second kappa shape index (κ2) is 6.68. The second-order valence-corrected chi connectivity index (χ2v) is 4.99. The molecule has 0 saturated heterocycles. The highest BCUT2D eigenvalue weighted by atomic mass is 19.3. The van der Waals surface area contributed by atoms with Crippen LogP contribution in [0.4, 0.5) is 13.6 Å². The standard InChI is InChI=1S/C12H20F2N2O3/c1-16(11(19)15-8-9(13)14)12(7-10(17)18)5-3-2-4-6-12/h9H,2-8H2,1H3,(H,15,19)(H,17,18). The van der Waals surface area contributed by atoms with Crippen LogP contribution in [0, 0.1) is 0 Å². The average Bonchev–Trinajstić information content (AvgIpc) is 2.35. The minimum atomic E-state index is -2.61. The number of alkyl halides is 2. The normalized spacial score (nSPS) is 18.1. The fourth-order valence-electron chi connectivity index (χ4n) is 2.62. The highest BCUT2D eigenvalue weighted by Gasteiger charge is 2.40. The summed E-state index contributed by atoms with van der Waals surface area (Å²) in [6.45, 7) is -0.716. The molecule has 0 radical (unpaired) electrons. The highest BCUT2D eigenvalue weighted by Crippen LogP contribution is 2.35. The number of carbonyl (C=O) groups excluding carboxylic acids is 1. The van der Waals surface area contributed by atoms with Gasteiger partial charge in [-0.25, -0.2) is 13.6 Å². The van der Waals surface area contributed by atoms with E-state index in [4.69, 9.17) is 5.11 Å². The van der Waals surface area contributed by atoms with E-state index in [1.807, 2.05) is 0 Å². The summed E-state index contributed by atoms with van der Waals surface area (Å²) in [6.07, 6.45) is 1.13. The predicted octanol–water partition coefficient (Wildman–Crippen LogP) is 2.07. The number of carboxylic acid groups (broad SMARTS) is 1. The van der Waals surface area contributed by atoms with E-state index >= 15 is 0 Å². The molecule has 0 aromatic rings. The zero-order chi connectivity index (χ0) is 14.5. The van der Waals surface area contributed by atoms with Crippen LogP contribution in [0.15, 0.2) is 0 Å². The molecule has 0 aliphatic heterocycles. The van der Waals surface area contributed by atoms with Crippen LogP contribution >= 0.6 is 0 Å². The van der Waals surface area contributed by atoms with Crippen LogP contribution in [0.5, 0.6) is 0 Å². The summed E-state index contributed by atoms with van der Waals surface area (Å²) >= 11 is 0. The number of urea groups is 1. The van der Waals surface area contributed by atoms with Crippen molar-refractivity contribution in [2.75, 3.05) is 13.6 Å². The fourth-order valence-corrected chi connectivity index (χ4v) is 2.62. The van der Waals surface area contributed by atoms with Crippen molar-refractivity contribution in [2.45, 2.75) is 50.5 Å². The third kappa shape index (κ3) is 4.33. The molecule has 0 heterocycles. The number of amides is 2. The molecule has 19 heavy (non-hydrogen) atoms. The first kappa shape index (κ1) is 15.7. The SMILES string of the molecule is CN(C(=O)NCC(F)F)C1(CC(=O)O)CCCCC1. The Morgan fingerprint density at radius 1 is 1.32 bits per heavy atom. The molecule has 1 aliphatic carbocycles. The third-order valence-corrected chi connectivity index (χ3v) is 3.69. The van der Waals surface area contributed by atoms with Crippen molar-refractivity contribution in [2.24, 2.45) is 0 Å². The maximum Gasteiger partial charge on any atom is 0.317 e. The van der Waals surface area contributed by atoms with Gasteiger partial charge in [-0.1, -0.05) is 19.3 Å². The van der Waals surface area contributed by atoms with Crippen molar-refractivity contribution in [3.8, 4) is 0 Å². The van der Waals surface area contributed by atoms with E-state index < -0.39 is 30.5 Å². The first-order valence-corrected chi connectivity index (χ1v) is 6.39. The lowest BCUT2D eigenvalue weighted by atomic mass is 9.78. The van der Waals surface area contributed by atoms with Gasteiger partial charge >= 0.3 is 12.0 Å². The van der Waals surface area contributed by atoms with Crippen molar-refractivity contribution in [3.63, 3.8) is 0 Å². The van der Waals surface area contributed by atoms with Crippen LogP contribution in [0.25, 0.3) is 0 Å². The Bertz CT molecular complexity index is 331. The molecule has 0 atom stereocenters. The molecule has 110 valence electrons.